The summed E-state index contributed by atoms with van der Waals surface area (Å²) >= 11 is 3.38. The minimum Gasteiger partial charge on any atom is -0.383 e. The molecule has 0 aliphatic carbocycles. The second-order valence-electron chi connectivity index (χ2n) is 9.14. The predicted molar refractivity (Wildman–Crippen MR) is 138 cm³/mol. The average Bonchev–Trinajstić information content (AvgIpc) is 3.21. The molecule has 0 bridgehead atoms. The highest BCUT2D eigenvalue weighted by Gasteiger charge is 2.24. The monoisotopic (exact) mass is 526 g/mol. The fraction of sp³-hybridized carbons (Fsp3) is 0.346. The molecule has 1 aromatic heterocycles. The number of carbonyl (C=O) groups is 2. The molecule has 3 aromatic rings. The zero-order valence-corrected chi connectivity index (χ0v) is 21.8. The third-order valence-corrected chi connectivity index (χ3v) is 5.90. The number of aromatic nitrogens is 2. The first-order valence-corrected chi connectivity index (χ1v) is 11.9. The maximum absolute atomic E-state index is 13.1. The Morgan fingerprint density at radius 3 is 2.41 bits per heavy atom. The van der Waals surface area contributed by atoms with Crippen LogP contribution in [0, 0.1) is 6.92 Å². The molecule has 7 nitrogen and oxygen atoms in total. The van der Waals surface area contributed by atoms with Crippen molar-refractivity contribution in [2.24, 2.45) is 0 Å². The van der Waals surface area contributed by atoms with Gasteiger partial charge >= 0.3 is 0 Å². The molecule has 1 N–H and O–H groups in total. The van der Waals surface area contributed by atoms with Crippen molar-refractivity contribution in [2.75, 3.05) is 32.1 Å². The lowest BCUT2D eigenvalue weighted by Gasteiger charge is -2.22. The number of ether oxygens (including phenoxy) is 1. The molecule has 0 atom stereocenters. The van der Waals surface area contributed by atoms with Gasteiger partial charge in [0, 0.05) is 35.2 Å². The summed E-state index contributed by atoms with van der Waals surface area (Å²) in [6.07, 6.45) is 0. The van der Waals surface area contributed by atoms with Crippen LogP contribution in [0.4, 0.5) is 5.82 Å². The molecule has 2 aromatic carbocycles. The van der Waals surface area contributed by atoms with Gasteiger partial charge in [0.05, 0.1) is 18.0 Å². The Morgan fingerprint density at radius 1 is 1.12 bits per heavy atom. The van der Waals surface area contributed by atoms with Gasteiger partial charge in [0.15, 0.2) is 0 Å². The standard InChI is InChI=1S/C26H31BrN4O3/c1-18-8-6-7-9-21(18)31-23(16-22(29-31)26(2,3)4)28-24(32)17-30(14-15-34-5)25(33)19-10-12-20(27)13-11-19/h6-13,16H,14-15,17H2,1-5H3,(H,28,32). The van der Waals surface area contributed by atoms with Crippen molar-refractivity contribution < 1.29 is 14.3 Å². The van der Waals surface area contributed by atoms with Gasteiger partial charge < -0.3 is 15.0 Å². The van der Waals surface area contributed by atoms with Crippen LogP contribution in [-0.2, 0) is 14.9 Å². The molecule has 0 saturated heterocycles. The van der Waals surface area contributed by atoms with E-state index >= 15 is 0 Å². The van der Waals surface area contributed by atoms with Gasteiger partial charge in [-0.2, -0.15) is 5.10 Å². The highest BCUT2D eigenvalue weighted by Crippen LogP contribution is 2.27. The fourth-order valence-corrected chi connectivity index (χ4v) is 3.67. The summed E-state index contributed by atoms with van der Waals surface area (Å²) in [6, 6.07) is 16.8. The number of carbonyl (C=O) groups excluding carboxylic acids is 2. The summed E-state index contributed by atoms with van der Waals surface area (Å²) in [6.45, 7) is 8.74. The number of halogens is 1. The molecule has 1 heterocycles. The van der Waals surface area contributed by atoms with E-state index in [2.05, 4.69) is 42.0 Å². The van der Waals surface area contributed by atoms with E-state index in [0.29, 0.717) is 24.5 Å². The van der Waals surface area contributed by atoms with E-state index in [-0.39, 0.29) is 23.8 Å². The molecule has 0 saturated carbocycles. The number of anilines is 1. The quantitative estimate of drug-likeness (QED) is 0.449. The second kappa shape index (κ2) is 11.0. The fourth-order valence-electron chi connectivity index (χ4n) is 3.41. The van der Waals surface area contributed by atoms with Gasteiger partial charge in [-0.05, 0) is 42.8 Å². The summed E-state index contributed by atoms with van der Waals surface area (Å²) in [5, 5.41) is 7.75. The van der Waals surface area contributed by atoms with E-state index in [1.165, 1.54) is 4.90 Å². The first-order chi connectivity index (χ1) is 16.1. The molecule has 0 spiro atoms. The SMILES string of the molecule is COCCN(CC(=O)Nc1cc(C(C)(C)C)nn1-c1ccccc1C)C(=O)c1ccc(Br)cc1. The number of hydrogen-bond acceptors (Lipinski definition) is 4. The third kappa shape index (κ3) is 6.33. The van der Waals surface area contributed by atoms with Crippen molar-refractivity contribution in [3.8, 4) is 5.69 Å². The van der Waals surface area contributed by atoms with Crippen LogP contribution in [0.2, 0.25) is 0 Å². The number of hydrogen-bond donors (Lipinski definition) is 1. The van der Waals surface area contributed by atoms with E-state index in [1.807, 2.05) is 37.3 Å². The van der Waals surface area contributed by atoms with Crippen LogP contribution >= 0.6 is 15.9 Å². The lowest BCUT2D eigenvalue weighted by molar-refractivity contribution is -0.117. The first-order valence-electron chi connectivity index (χ1n) is 11.1. The van der Waals surface area contributed by atoms with Crippen molar-refractivity contribution in [2.45, 2.75) is 33.1 Å². The number of amides is 2. The van der Waals surface area contributed by atoms with Gasteiger partial charge in [0.1, 0.15) is 12.4 Å². The molecule has 180 valence electrons. The van der Waals surface area contributed by atoms with Crippen molar-refractivity contribution in [3.63, 3.8) is 0 Å². The highest BCUT2D eigenvalue weighted by molar-refractivity contribution is 9.10. The Kier molecular flexibility index (Phi) is 8.28. The van der Waals surface area contributed by atoms with E-state index in [9.17, 15) is 9.59 Å². The third-order valence-electron chi connectivity index (χ3n) is 5.37. The minimum atomic E-state index is -0.309. The van der Waals surface area contributed by atoms with Crippen LogP contribution in [0.3, 0.4) is 0 Å². The Labute approximate surface area is 209 Å². The number of nitrogens with one attached hydrogen (secondary N) is 1. The van der Waals surface area contributed by atoms with Gasteiger partial charge in [-0.15, -0.1) is 0 Å². The minimum absolute atomic E-state index is 0.109. The van der Waals surface area contributed by atoms with Crippen LogP contribution in [0.25, 0.3) is 5.69 Å². The van der Waals surface area contributed by atoms with Crippen LogP contribution < -0.4 is 5.32 Å². The molecule has 0 fully saturated rings. The number of aryl methyl sites for hydroxylation is 1. The summed E-state index contributed by atoms with van der Waals surface area (Å²) in [5.41, 5.74) is 3.08. The molecule has 3 rings (SSSR count). The lowest BCUT2D eigenvalue weighted by atomic mass is 9.92. The van der Waals surface area contributed by atoms with Crippen LogP contribution in [0.5, 0.6) is 0 Å². The predicted octanol–water partition coefficient (Wildman–Crippen LogP) is 4.97. The summed E-state index contributed by atoms with van der Waals surface area (Å²) < 4.78 is 7.79. The first kappa shape index (κ1) is 25.6. The molecule has 2 amide bonds. The maximum atomic E-state index is 13.1. The van der Waals surface area contributed by atoms with E-state index in [0.717, 1.165) is 21.4 Å². The Bertz CT molecular complexity index is 1150. The molecule has 8 heteroatoms. The van der Waals surface area contributed by atoms with Crippen molar-refractivity contribution >= 4 is 33.6 Å². The Hall–Kier alpha value is -2.97. The van der Waals surface area contributed by atoms with Gasteiger partial charge in [0.2, 0.25) is 5.91 Å². The highest BCUT2D eigenvalue weighted by atomic mass is 79.9. The molecule has 0 radical (unpaired) electrons. The normalized spacial score (nSPS) is 11.4. The number of methoxy groups -OCH3 is 1. The van der Waals surface area contributed by atoms with Crippen molar-refractivity contribution in [3.05, 3.63) is 75.9 Å². The number of rotatable bonds is 8. The van der Waals surface area contributed by atoms with Gasteiger partial charge in [-0.1, -0.05) is 54.9 Å². The lowest BCUT2D eigenvalue weighted by Crippen LogP contribution is -2.40. The van der Waals surface area contributed by atoms with Crippen LogP contribution in [0.15, 0.2) is 59.1 Å². The molecule has 34 heavy (non-hydrogen) atoms. The molecule has 0 unspecified atom stereocenters. The van der Waals surface area contributed by atoms with Gasteiger partial charge in [0.25, 0.3) is 5.91 Å². The van der Waals surface area contributed by atoms with E-state index in [1.54, 1.807) is 36.1 Å². The summed E-state index contributed by atoms with van der Waals surface area (Å²) in [4.78, 5) is 27.7. The average molecular weight is 527 g/mol. The summed E-state index contributed by atoms with van der Waals surface area (Å²) in [7, 11) is 1.57. The molecule has 0 aliphatic rings. The largest absolute Gasteiger partial charge is 0.383 e. The van der Waals surface area contributed by atoms with Gasteiger partial charge in [-0.25, -0.2) is 4.68 Å². The Morgan fingerprint density at radius 2 is 1.79 bits per heavy atom. The van der Waals surface area contributed by atoms with Crippen LogP contribution in [0.1, 0.15) is 42.4 Å². The van der Waals surface area contributed by atoms with Crippen molar-refractivity contribution in [1.82, 2.24) is 14.7 Å². The molecular weight excluding hydrogens is 496 g/mol. The number of nitrogens with zero attached hydrogens (tertiary/aromatic N) is 3. The zero-order chi connectivity index (χ0) is 24.9. The van der Waals surface area contributed by atoms with Crippen LogP contribution in [-0.4, -0.2) is 53.3 Å². The summed E-state index contributed by atoms with van der Waals surface area (Å²) in [5.74, 6) is 0.0197. The maximum Gasteiger partial charge on any atom is 0.254 e. The number of benzene rings is 2. The smallest absolute Gasteiger partial charge is 0.254 e. The Balaban J connectivity index is 1.86. The van der Waals surface area contributed by atoms with Crippen molar-refractivity contribution in [1.29, 1.82) is 0 Å². The van der Waals surface area contributed by atoms with E-state index < -0.39 is 0 Å². The molecular formula is C26H31BrN4O3. The van der Waals surface area contributed by atoms with Gasteiger partial charge in [-0.3, -0.25) is 9.59 Å². The molecule has 0 aliphatic heterocycles. The second-order valence-corrected chi connectivity index (χ2v) is 10.1. The number of para-hydroxylation sites is 1. The zero-order valence-electron chi connectivity index (χ0n) is 20.3. The topological polar surface area (TPSA) is 76.5 Å². The van der Waals surface area contributed by atoms with E-state index in [4.69, 9.17) is 9.84 Å².